The highest BCUT2D eigenvalue weighted by atomic mass is 79.9. The van der Waals surface area contributed by atoms with E-state index in [1.165, 1.54) is 48.1 Å². The average molecular weight is 270 g/mol. The second-order valence-corrected chi connectivity index (χ2v) is 5.33. The summed E-state index contributed by atoms with van der Waals surface area (Å²) in [6.07, 6.45) is 6.55. The molecule has 3 rings (SSSR count). The van der Waals surface area contributed by atoms with E-state index in [1.54, 1.807) is 0 Å². The molecule has 0 atom stereocenters. The first kappa shape index (κ1) is 9.70. The third kappa shape index (κ3) is 1.59. The molecule has 0 unspecified atom stereocenters. The van der Waals surface area contributed by atoms with Crippen LogP contribution in [0.15, 0.2) is 4.47 Å². The van der Waals surface area contributed by atoms with Gasteiger partial charge in [0.2, 0.25) is 0 Å². The van der Waals surface area contributed by atoms with E-state index in [9.17, 15) is 0 Å². The van der Waals surface area contributed by atoms with Crippen LogP contribution < -0.4 is 5.32 Å². The van der Waals surface area contributed by atoms with Crippen LogP contribution in [0.3, 0.4) is 0 Å². The first-order valence-corrected chi connectivity index (χ1v) is 6.65. The highest BCUT2D eigenvalue weighted by Gasteiger charge is 2.26. The van der Waals surface area contributed by atoms with Gasteiger partial charge in [-0.2, -0.15) is 5.10 Å². The summed E-state index contributed by atoms with van der Waals surface area (Å²) in [5.74, 6) is 1.89. The molecular formula is C11H16BrN3. The van der Waals surface area contributed by atoms with Gasteiger partial charge < -0.3 is 5.32 Å². The van der Waals surface area contributed by atoms with Crippen molar-refractivity contribution in [3.63, 3.8) is 0 Å². The minimum atomic E-state index is 0.694. The largest absolute Gasteiger partial charge is 0.369 e. The lowest BCUT2D eigenvalue weighted by Crippen LogP contribution is -2.17. The maximum atomic E-state index is 4.74. The average Bonchev–Trinajstić information content (AvgIpc) is 2.87. The van der Waals surface area contributed by atoms with Crippen LogP contribution in [-0.4, -0.2) is 16.3 Å². The SMILES string of the molecule is Brc1c(C2CCCC2)nn2c1NCCC2. The lowest BCUT2D eigenvalue weighted by molar-refractivity contribution is 0.551. The third-order valence-corrected chi connectivity index (χ3v) is 4.28. The first-order valence-electron chi connectivity index (χ1n) is 5.86. The van der Waals surface area contributed by atoms with Crippen molar-refractivity contribution in [2.24, 2.45) is 0 Å². The van der Waals surface area contributed by atoms with E-state index in [0.29, 0.717) is 5.92 Å². The van der Waals surface area contributed by atoms with Crippen LogP contribution in [-0.2, 0) is 6.54 Å². The maximum Gasteiger partial charge on any atom is 0.138 e. The molecule has 82 valence electrons. The Balaban J connectivity index is 1.97. The van der Waals surface area contributed by atoms with Crippen LogP contribution in [0.4, 0.5) is 5.82 Å². The Morgan fingerprint density at radius 3 is 2.80 bits per heavy atom. The highest BCUT2D eigenvalue weighted by molar-refractivity contribution is 9.10. The van der Waals surface area contributed by atoms with Crippen molar-refractivity contribution >= 4 is 21.7 Å². The van der Waals surface area contributed by atoms with Crippen molar-refractivity contribution < 1.29 is 0 Å². The van der Waals surface area contributed by atoms with Crippen molar-refractivity contribution in [3.8, 4) is 0 Å². The second-order valence-electron chi connectivity index (χ2n) is 4.53. The zero-order valence-corrected chi connectivity index (χ0v) is 10.4. The van der Waals surface area contributed by atoms with Crippen LogP contribution in [0, 0.1) is 0 Å². The Bertz CT molecular complexity index is 366. The molecule has 1 aromatic heterocycles. The smallest absolute Gasteiger partial charge is 0.138 e. The van der Waals surface area contributed by atoms with Gasteiger partial charge in [-0.05, 0) is 35.2 Å². The van der Waals surface area contributed by atoms with Crippen LogP contribution in [0.2, 0.25) is 0 Å². The Morgan fingerprint density at radius 2 is 2.07 bits per heavy atom. The van der Waals surface area contributed by atoms with Gasteiger partial charge in [0, 0.05) is 19.0 Å². The van der Waals surface area contributed by atoms with Crippen molar-refractivity contribution in [2.75, 3.05) is 11.9 Å². The molecule has 0 saturated heterocycles. The summed E-state index contributed by atoms with van der Waals surface area (Å²) in [7, 11) is 0. The highest BCUT2D eigenvalue weighted by Crippen LogP contribution is 2.40. The van der Waals surface area contributed by atoms with E-state index < -0.39 is 0 Å². The van der Waals surface area contributed by atoms with E-state index in [1.807, 2.05) is 0 Å². The van der Waals surface area contributed by atoms with Gasteiger partial charge in [-0.3, -0.25) is 0 Å². The number of nitrogens with zero attached hydrogens (tertiary/aromatic N) is 2. The normalized spacial score (nSPS) is 21.4. The van der Waals surface area contributed by atoms with Gasteiger partial charge in [0.1, 0.15) is 5.82 Å². The van der Waals surface area contributed by atoms with Gasteiger partial charge in [-0.15, -0.1) is 0 Å². The standard InChI is InChI=1S/C11H16BrN3/c12-9-10(8-4-1-2-5-8)14-15-7-3-6-13-11(9)15/h8,13H,1-7H2. The molecule has 1 aromatic rings. The molecule has 4 heteroatoms. The van der Waals surface area contributed by atoms with Crippen LogP contribution in [0.25, 0.3) is 0 Å². The summed E-state index contributed by atoms with van der Waals surface area (Å²) in [6, 6.07) is 0. The number of anilines is 1. The third-order valence-electron chi connectivity index (χ3n) is 3.50. The summed E-state index contributed by atoms with van der Waals surface area (Å²) in [6.45, 7) is 2.14. The van der Waals surface area contributed by atoms with E-state index in [4.69, 9.17) is 5.10 Å². The molecule has 2 aliphatic rings. The number of nitrogens with one attached hydrogen (secondary N) is 1. The topological polar surface area (TPSA) is 29.9 Å². The second kappa shape index (κ2) is 3.81. The Morgan fingerprint density at radius 1 is 1.27 bits per heavy atom. The van der Waals surface area contributed by atoms with Crippen molar-refractivity contribution in [1.29, 1.82) is 0 Å². The molecule has 1 N–H and O–H groups in total. The Labute approximate surface area is 98.4 Å². The molecule has 0 spiro atoms. The molecule has 3 nitrogen and oxygen atoms in total. The Kier molecular flexibility index (Phi) is 2.47. The minimum Gasteiger partial charge on any atom is -0.369 e. The van der Waals surface area contributed by atoms with Gasteiger partial charge in [0.05, 0.1) is 10.2 Å². The predicted octanol–water partition coefficient (Wildman–Crippen LogP) is 3.12. The van der Waals surface area contributed by atoms with Crippen molar-refractivity contribution in [3.05, 3.63) is 10.2 Å². The number of hydrogen-bond donors (Lipinski definition) is 1. The fourth-order valence-corrected chi connectivity index (χ4v) is 3.43. The number of hydrogen-bond acceptors (Lipinski definition) is 2. The molecule has 1 aliphatic heterocycles. The molecule has 0 amide bonds. The minimum absolute atomic E-state index is 0.694. The fourth-order valence-electron chi connectivity index (χ4n) is 2.68. The Hall–Kier alpha value is -0.510. The summed E-state index contributed by atoms with van der Waals surface area (Å²) in [5.41, 5.74) is 1.29. The summed E-state index contributed by atoms with van der Waals surface area (Å²) in [5, 5.41) is 8.17. The van der Waals surface area contributed by atoms with E-state index in [2.05, 4.69) is 25.9 Å². The molecule has 0 radical (unpaired) electrons. The van der Waals surface area contributed by atoms with Gasteiger partial charge >= 0.3 is 0 Å². The van der Waals surface area contributed by atoms with Crippen LogP contribution in [0.1, 0.15) is 43.7 Å². The maximum absolute atomic E-state index is 4.74. The van der Waals surface area contributed by atoms with E-state index in [-0.39, 0.29) is 0 Å². The zero-order valence-electron chi connectivity index (χ0n) is 8.80. The molecule has 0 bridgehead atoms. The van der Waals surface area contributed by atoms with Crippen molar-refractivity contribution in [2.45, 2.75) is 44.6 Å². The quantitative estimate of drug-likeness (QED) is 0.849. The lowest BCUT2D eigenvalue weighted by Gasteiger charge is -2.15. The number of halogens is 1. The van der Waals surface area contributed by atoms with Gasteiger partial charge in [0.25, 0.3) is 0 Å². The molecule has 15 heavy (non-hydrogen) atoms. The molecule has 1 fully saturated rings. The van der Waals surface area contributed by atoms with Crippen LogP contribution >= 0.6 is 15.9 Å². The number of aromatic nitrogens is 2. The van der Waals surface area contributed by atoms with Gasteiger partial charge in [0.15, 0.2) is 0 Å². The van der Waals surface area contributed by atoms with Gasteiger partial charge in [-0.25, -0.2) is 4.68 Å². The first-order chi connectivity index (χ1) is 7.36. The molecule has 0 aromatic carbocycles. The summed E-state index contributed by atoms with van der Waals surface area (Å²) >= 11 is 3.70. The van der Waals surface area contributed by atoms with E-state index in [0.717, 1.165) is 13.1 Å². The number of aryl methyl sites for hydroxylation is 1. The number of fused-ring (bicyclic) bond motifs is 1. The van der Waals surface area contributed by atoms with Crippen LogP contribution in [0.5, 0.6) is 0 Å². The molecule has 1 saturated carbocycles. The zero-order chi connectivity index (χ0) is 10.3. The molecule has 1 aliphatic carbocycles. The summed E-state index contributed by atoms with van der Waals surface area (Å²) < 4.78 is 3.34. The molecule has 2 heterocycles. The van der Waals surface area contributed by atoms with Gasteiger partial charge in [-0.1, -0.05) is 12.8 Å². The molecular weight excluding hydrogens is 254 g/mol. The lowest BCUT2D eigenvalue weighted by atomic mass is 10.0. The fraction of sp³-hybridized carbons (Fsp3) is 0.727. The van der Waals surface area contributed by atoms with Crippen molar-refractivity contribution in [1.82, 2.24) is 9.78 Å². The summed E-state index contributed by atoms with van der Waals surface area (Å²) in [4.78, 5) is 0. The monoisotopic (exact) mass is 269 g/mol. The van der Waals surface area contributed by atoms with E-state index >= 15 is 0 Å². The predicted molar refractivity (Wildman–Crippen MR) is 64.2 cm³/mol. The number of rotatable bonds is 1.